The van der Waals surface area contributed by atoms with Crippen LogP contribution in [0, 0.1) is 0 Å². The number of benzene rings is 2. The molecule has 6 heteroatoms. The summed E-state index contributed by atoms with van der Waals surface area (Å²) in [5.41, 5.74) is 3.69. The molecule has 2 heterocycles. The molecule has 2 aliphatic rings. The van der Waals surface area contributed by atoms with Gasteiger partial charge in [0.2, 0.25) is 0 Å². The lowest BCUT2D eigenvalue weighted by Crippen LogP contribution is -2.34. The number of ether oxygens (including phenoxy) is 2. The highest BCUT2D eigenvalue weighted by Crippen LogP contribution is 2.42. The molecule has 2 aromatic rings. The Balaban J connectivity index is 0.000000196. The first-order valence-electron chi connectivity index (χ1n) is 10.9. The Labute approximate surface area is 198 Å². The highest BCUT2D eigenvalue weighted by Gasteiger charge is 2.39. The van der Waals surface area contributed by atoms with Crippen molar-refractivity contribution in [1.82, 2.24) is 0 Å². The van der Waals surface area contributed by atoms with Gasteiger partial charge in [0, 0.05) is 10.3 Å². The predicted molar refractivity (Wildman–Crippen MR) is 127 cm³/mol. The van der Waals surface area contributed by atoms with E-state index >= 15 is 0 Å². The maximum atomic E-state index is 9.24. The van der Waals surface area contributed by atoms with E-state index in [9.17, 15) is 10.2 Å². The summed E-state index contributed by atoms with van der Waals surface area (Å²) >= 11 is 6.86. The van der Waals surface area contributed by atoms with Gasteiger partial charge in [-0.15, -0.1) is 0 Å². The lowest BCUT2D eigenvalue weighted by Gasteiger charge is -2.26. The van der Waals surface area contributed by atoms with Crippen LogP contribution in [0.5, 0.6) is 0 Å². The Bertz CT molecular complexity index is 782. The number of fused-ring (bicyclic) bond motifs is 2. The summed E-state index contributed by atoms with van der Waals surface area (Å²) in [7, 11) is 0. The van der Waals surface area contributed by atoms with Gasteiger partial charge in [-0.1, -0.05) is 71.7 Å². The minimum absolute atomic E-state index is 0.0178. The second kappa shape index (κ2) is 11.2. The van der Waals surface area contributed by atoms with E-state index < -0.39 is 5.60 Å². The summed E-state index contributed by atoms with van der Waals surface area (Å²) < 4.78 is 19.7. The van der Waals surface area contributed by atoms with Crippen LogP contribution < -0.4 is 0 Å². The Kier molecular flexibility index (Phi) is 8.93. The molecule has 0 fully saturated rings. The van der Waals surface area contributed by atoms with Crippen LogP contribution >= 0.6 is 31.9 Å². The molecule has 0 spiro atoms. The van der Waals surface area contributed by atoms with Crippen LogP contribution in [0.2, 0.25) is 0 Å². The molecular weight excluding hydrogens is 512 g/mol. The molecule has 0 aliphatic carbocycles. The molecule has 166 valence electrons. The summed E-state index contributed by atoms with van der Waals surface area (Å²) in [5, 5.41) is 18.5. The molecule has 0 saturated heterocycles. The number of halogens is 2. The first-order valence-corrected chi connectivity index (χ1v) is 11.8. The SMILES string of the molecule is CCC1(CC)OCc2cc(Br)ccc21.OCC1(CO)OCc2cc(Br)ccc21.[2H]CC. The molecule has 2 aromatic carbocycles. The third-order valence-corrected chi connectivity index (χ3v) is 6.76. The Hall–Kier alpha value is -0.760. The van der Waals surface area contributed by atoms with E-state index in [0.717, 1.165) is 39.5 Å². The van der Waals surface area contributed by atoms with E-state index in [-0.39, 0.29) is 18.8 Å². The molecule has 2 N–H and O–H groups in total. The van der Waals surface area contributed by atoms with Crippen molar-refractivity contribution in [2.75, 3.05) is 13.2 Å². The largest absolute Gasteiger partial charge is 0.393 e. The fraction of sp³-hybridized carbons (Fsp3) is 0.500. The van der Waals surface area contributed by atoms with Crippen LogP contribution in [0.4, 0.5) is 0 Å². The van der Waals surface area contributed by atoms with Gasteiger partial charge in [-0.05, 0) is 59.4 Å². The first-order chi connectivity index (χ1) is 14.8. The fourth-order valence-corrected chi connectivity index (χ4v) is 4.80. The minimum Gasteiger partial charge on any atom is -0.393 e. The van der Waals surface area contributed by atoms with Gasteiger partial charge in [-0.2, -0.15) is 0 Å². The van der Waals surface area contributed by atoms with Gasteiger partial charge in [-0.3, -0.25) is 0 Å². The summed E-state index contributed by atoms with van der Waals surface area (Å²) in [6.07, 6.45) is 2.11. The fourth-order valence-electron chi connectivity index (χ4n) is 3.99. The number of aliphatic hydroxyl groups excluding tert-OH is 2. The van der Waals surface area contributed by atoms with Crippen LogP contribution in [-0.4, -0.2) is 23.4 Å². The van der Waals surface area contributed by atoms with Crippen LogP contribution in [0.15, 0.2) is 45.3 Å². The van der Waals surface area contributed by atoms with Gasteiger partial charge in [0.1, 0.15) is 5.60 Å². The molecule has 4 nitrogen and oxygen atoms in total. The standard InChI is InChI=1S/C12H15BrO.C10H11BrO3.C2H6/c1-3-12(4-2)11-6-5-10(13)7-9(11)8-14-12;11-8-1-2-9-7(3-8)4-14-10(9,5-12)6-13;1-2/h5-7H,3-4,8H2,1-2H3;1-3,12-13H,4-6H2;1-2H3/i;;1D. The number of rotatable bonds is 4. The van der Waals surface area contributed by atoms with Crippen molar-refractivity contribution in [3.05, 3.63) is 67.6 Å². The summed E-state index contributed by atoms with van der Waals surface area (Å²) in [6.45, 7) is 7.49. The molecule has 0 bridgehead atoms. The highest BCUT2D eigenvalue weighted by atomic mass is 79.9. The average Bonchev–Trinajstić information content (AvgIpc) is 3.33. The van der Waals surface area contributed by atoms with Crippen LogP contribution in [0.1, 0.15) is 64.1 Å². The molecular formula is C24H32Br2O4. The molecule has 0 amide bonds. The average molecular weight is 545 g/mol. The monoisotopic (exact) mass is 543 g/mol. The highest BCUT2D eigenvalue weighted by molar-refractivity contribution is 9.10. The predicted octanol–water partition coefficient (Wildman–Crippen LogP) is 6.18. The summed E-state index contributed by atoms with van der Waals surface area (Å²) in [6, 6.07) is 12.2. The number of hydrogen-bond acceptors (Lipinski definition) is 4. The smallest absolute Gasteiger partial charge is 0.140 e. The van der Waals surface area contributed by atoms with Crippen LogP contribution in [-0.2, 0) is 33.9 Å². The Morgan fingerprint density at radius 2 is 1.27 bits per heavy atom. The van der Waals surface area contributed by atoms with Gasteiger partial charge in [0.25, 0.3) is 0 Å². The van der Waals surface area contributed by atoms with Crippen molar-refractivity contribution in [2.45, 2.75) is 64.9 Å². The van der Waals surface area contributed by atoms with Crippen LogP contribution in [0.25, 0.3) is 0 Å². The molecule has 4 rings (SSSR count). The molecule has 0 unspecified atom stereocenters. The van der Waals surface area contributed by atoms with Crippen molar-refractivity contribution in [3.63, 3.8) is 0 Å². The van der Waals surface area contributed by atoms with Crippen molar-refractivity contribution in [3.8, 4) is 0 Å². The lowest BCUT2D eigenvalue weighted by atomic mass is 9.88. The van der Waals surface area contributed by atoms with Gasteiger partial charge in [0.15, 0.2) is 0 Å². The van der Waals surface area contributed by atoms with Gasteiger partial charge in [0.05, 0.1) is 32.0 Å². The quantitative estimate of drug-likeness (QED) is 0.482. The van der Waals surface area contributed by atoms with Gasteiger partial charge >= 0.3 is 0 Å². The summed E-state index contributed by atoms with van der Waals surface area (Å²) in [4.78, 5) is 0. The van der Waals surface area contributed by atoms with Crippen molar-refractivity contribution in [1.29, 1.82) is 0 Å². The van der Waals surface area contributed by atoms with E-state index in [1.807, 2.05) is 18.2 Å². The lowest BCUT2D eigenvalue weighted by molar-refractivity contribution is -0.104. The van der Waals surface area contributed by atoms with E-state index in [4.69, 9.17) is 10.8 Å². The third-order valence-electron chi connectivity index (χ3n) is 5.78. The zero-order valence-corrected chi connectivity index (χ0v) is 21.1. The Morgan fingerprint density at radius 3 is 1.67 bits per heavy atom. The first kappa shape index (κ1) is 23.9. The molecule has 0 atom stereocenters. The number of hydrogen-bond donors (Lipinski definition) is 2. The van der Waals surface area contributed by atoms with Gasteiger partial charge in [-0.25, -0.2) is 0 Å². The summed E-state index contributed by atoms with van der Waals surface area (Å²) in [5.74, 6) is 0. The van der Waals surface area contributed by atoms with Crippen molar-refractivity contribution in [2.24, 2.45) is 0 Å². The Morgan fingerprint density at radius 1 is 0.867 bits per heavy atom. The molecule has 2 aliphatic heterocycles. The molecule has 30 heavy (non-hydrogen) atoms. The normalized spacial score (nSPS) is 17.6. The molecule has 0 saturated carbocycles. The minimum atomic E-state index is -0.907. The second-order valence-corrected chi connectivity index (χ2v) is 9.02. The third kappa shape index (κ3) is 5.00. The van der Waals surface area contributed by atoms with E-state index in [1.54, 1.807) is 6.92 Å². The topological polar surface area (TPSA) is 58.9 Å². The van der Waals surface area contributed by atoms with E-state index in [2.05, 4.69) is 63.9 Å². The molecule has 0 aromatic heterocycles. The van der Waals surface area contributed by atoms with Crippen molar-refractivity contribution < 1.29 is 21.1 Å². The zero-order valence-electron chi connectivity index (χ0n) is 18.9. The number of aliphatic hydroxyl groups is 2. The maximum absolute atomic E-state index is 9.24. The van der Waals surface area contributed by atoms with Crippen molar-refractivity contribution >= 4 is 31.9 Å². The van der Waals surface area contributed by atoms with E-state index in [0.29, 0.717) is 13.5 Å². The van der Waals surface area contributed by atoms with E-state index in [1.165, 1.54) is 11.1 Å². The maximum Gasteiger partial charge on any atom is 0.140 e. The molecule has 0 radical (unpaired) electrons. The zero-order chi connectivity index (χ0) is 23.1. The second-order valence-electron chi connectivity index (χ2n) is 7.19. The van der Waals surface area contributed by atoms with Gasteiger partial charge < -0.3 is 19.7 Å². The van der Waals surface area contributed by atoms with Crippen LogP contribution in [0.3, 0.4) is 0 Å².